The van der Waals surface area contributed by atoms with Crippen molar-refractivity contribution in [1.29, 1.82) is 0 Å². The van der Waals surface area contributed by atoms with Gasteiger partial charge in [-0.2, -0.15) is 0 Å². The second kappa shape index (κ2) is 10.1. The van der Waals surface area contributed by atoms with E-state index in [2.05, 4.69) is 5.32 Å². The zero-order valence-corrected chi connectivity index (χ0v) is 21.7. The Bertz CT molecular complexity index is 1150. The van der Waals surface area contributed by atoms with E-state index >= 15 is 0 Å². The van der Waals surface area contributed by atoms with Crippen LogP contribution in [0, 0.1) is 28.8 Å². The molecule has 2 saturated heterocycles. The Morgan fingerprint density at radius 2 is 1.76 bits per heavy atom. The molecule has 4 rings (SSSR count). The van der Waals surface area contributed by atoms with Crippen LogP contribution in [0.25, 0.3) is 0 Å². The van der Waals surface area contributed by atoms with Gasteiger partial charge in [-0.3, -0.25) is 14.4 Å². The number of fused-ring (bicyclic) bond motifs is 1. The maximum atomic E-state index is 14.4. The summed E-state index contributed by atoms with van der Waals surface area (Å²) in [5.74, 6) is -4.82. The quantitative estimate of drug-likeness (QED) is 0.408. The maximum Gasteiger partial charge on any atom is 0.407 e. The van der Waals surface area contributed by atoms with Gasteiger partial charge in [0.1, 0.15) is 16.8 Å². The number of amides is 4. The molecule has 0 radical (unpaired) electrons. The molecule has 4 amide bonds. The standard InChI is InChI=1S/C26H33F3N4O5/c1-25(2,3)38-24(37)31-16(8-15-9-18(28)19(29)11-17(15)27)10-21(34)33-7-4-14-12-32(13-20(14)33)23(36)26(5-6-26)22(30)35/h9,11,14,16,20H,4-8,10,12-13H2,1-3H3,(H2,30,35)(H,31,37). The molecule has 1 aromatic rings. The number of carbonyl (C=O) groups excluding carboxylic acids is 4. The number of rotatable bonds is 7. The van der Waals surface area contributed by atoms with Crippen molar-refractivity contribution < 1.29 is 37.1 Å². The molecule has 0 spiro atoms. The summed E-state index contributed by atoms with van der Waals surface area (Å²) >= 11 is 0. The molecule has 1 saturated carbocycles. The van der Waals surface area contributed by atoms with Crippen LogP contribution in [-0.2, 0) is 25.5 Å². The molecule has 3 N–H and O–H groups in total. The Morgan fingerprint density at radius 1 is 1.11 bits per heavy atom. The van der Waals surface area contributed by atoms with Gasteiger partial charge in [-0.05, 0) is 58.1 Å². The molecule has 3 aliphatic rings. The van der Waals surface area contributed by atoms with Gasteiger partial charge in [0.05, 0.1) is 6.04 Å². The minimum Gasteiger partial charge on any atom is -0.444 e. The average molecular weight is 539 g/mol. The van der Waals surface area contributed by atoms with Crippen LogP contribution in [0.15, 0.2) is 12.1 Å². The summed E-state index contributed by atoms with van der Waals surface area (Å²) in [6, 6.07) is -0.111. The van der Waals surface area contributed by atoms with E-state index in [0.29, 0.717) is 44.5 Å². The smallest absolute Gasteiger partial charge is 0.407 e. The average Bonchev–Trinajstić information content (AvgIpc) is 3.36. The minimum atomic E-state index is -1.34. The zero-order valence-electron chi connectivity index (χ0n) is 21.7. The van der Waals surface area contributed by atoms with E-state index in [-0.39, 0.29) is 48.7 Å². The van der Waals surface area contributed by atoms with Crippen molar-refractivity contribution >= 4 is 23.8 Å². The highest BCUT2D eigenvalue weighted by atomic mass is 19.2. The van der Waals surface area contributed by atoms with Crippen molar-refractivity contribution in [2.75, 3.05) is 19.6 Å². The number of nitrogens with one attached hydrogen (secondary N) is 1. The van der Waals surface area contributed by atoms with Crippen molar-refractivity contribution in [3.63, 3.8) is 0 Å². The molecule has 9 nitrogen and oxygen atoms in total. The second-order valence-corrected chi connectivity index (χ2v) is 11.5. The van der Waals surface area contributed by atoms with Crippen molar-refractivity contribution in [2.24, 2.45) is 17.1 Å². The Labute approximate surface area is 218 Å². The third kappa shape index (κ3) is 5.73. The number of primary amides is 1. The first-order valence-electron chi connectivity index (χ1n) is 12.7. The summed E-state index contributed by atoms with van der Waals surface area (Å²) in [6.07, 6.45) is 0.145. The van der Waals surface area contributed by atoms with E-state index < -0.39 is 46.5 Å². The summed E-state index contributed by atoms with van der Waals surface area (Å²) in [5, 5.41) is 2.56. The van der Waals surface area contributed by atoms with Gasteiger partial charge in [0.15, 0.2) is 11.6 Å². The molecular weight excluding hydrogens is 505 g/mol. The van der Waals surface area contributed by atoms with E-state index in [4.69, 9.17) is 10.5 Å². The van der Waals surface area contributed by atoms with Crippen LogP contribution in [0.1, 0.15) is 52.0 Å². The summed E-state index contributed by atoms with van der Waals surface area (Å²) in [4.78, 5) is 53.8. The van der Waals surface area contributed by atoms with E-state index in [1.54, 1.807) is 30.6 Å². The predicted octanol–water partition coefficient (Wildman–Crippen LogP) is 2.25. The molecule has 208 valence electrons. The summed E-state index contributed by atoms with van der Waals surface area (Å²) in [5.41, 5.74) is 3.28. The number of carbonyl (C=O) groups is 4. The van der Waals surface area contributed by atoms with Gasteiger partial charge in [0.2, 0.25) is 17.7 Å². The molecule has 0 bridgehead atoms. The second-order valence-electron chi connectivity index (χ2n) is 11.5. The Morgan fingerprint density at radius 3 is 2.37 bits per heavy atom. The highest BCUT2D eigenvalue weighted by Crippen LogP contribution is 2.48. The summed E-state index contributed by atoms with van der Waals surface area (Å²) in [6.45, 7) is 6.10. The molecule has 2 aliphatic heterocycles. The number of nitrogens with zero attached hydrogens (tertiary/aromatic N) is 2. The largest absolute Gasteiger partial charge is 0.444 e. The highest BCUT2D eigenvalue weighted by molar-refractivity contribution is 6.07. The lowest BCUT2D eigenvalue weighted by Gasteiger charge is -2.29. The first kappa shape index (κ1) is 27.7. The number of halogens is 3. The molecule has 0 aromatic heterocycles. The van der Waals surface area contributed by atoms with Crippen molar-refractivity contribution in [3.05, 3.63) is 35.1 Å². The molecular formula is C26H33F3N4O5. The monoisotopic (exact) mass is 538 g/mol. The van der Waals surface area contributed by atoms with Crippen LogP contribution in [-0.4, -0.2) is 70.9 Å². The summed E-state index contributed by atoms with van der Waals surface area (Å²) < 4.78 is 46.9. The Balaban J connectivity index is 1.46. The molecule has 3 atom stereocenters. The van der Waals surface area contributed by atoms with E-state index in [1.165, 1.54) is 0 Å². The summed E-state index contributed by atoms with van der Waals surface area (Å²) in [7, 11) is 0. The fourth-order valence-electron chi connectivity index (χ4n) is 5.39. The van der Waals surface area contributed by atoms with Gasteiger partial charge in [0, 0.05) is 44.1 Å². The first-order chi connectivity index (χ1) is 17.7. The van der Waals surface area contributed by atoms with Crippen LogP contribution in [0.5, 0.6) is 0 Å². The van der Waals surface area contributed by atoms with Crippen LogP contribution in [0.3, 0.4) is 0 Å². The van der Waals surface area contributed by atoms with Gasteiger partial charge >= 0.3 is 6.09 Å². The van der Waals surface area contributed by atoms with Crippen molar-refractivity contribution in [3.8, 4) is 0 Å². The molecule has 1 aromatic carbocycles. The van der Waals surface area contributed by atoms with E-state index in [9.17, 15) is 32.3 Å². The van der Waals surface area contributed by atoms with Crippen LogP contribution in [0.4, 0.5) is 18.0 Å². The number of ether oxygens (including phenoxy) is 1. The Kier molecular flexibility index (Phi) is 7.37. The molecule has 1 aliphatic carbocycles. The number of benzene rings is 1. The normalized spacial score (nSPS) is 22.6. The number of alkyl carbamates (subject to hydrolysis) is 1. The van der Waals surface area contributed by atoms with Crippen LogP contribution < -0.4 is 11.1 Å². The lowest BCUT2D eigenvalue weighted by atomic mass is 10.0. The fraction of sp³-hybridized carbons (Fsp3) is 0.615. The van der Waals surface area contributed by atoms with Gasteiger partial charge < -0.3 is 25.6 Å². The van der Waals surface area contributed by atoms with Crippen LogP contribution >= 0.6 is 0 Å². The lowest BCUT2D eigenvalue weighted by Crippen LogP contribution is -2.47. The fourth-order valence-corrected chi connectivity index (χ4v) is 5.39. The van der Waals surface area contributed by atoms with Crippen LogP contribution in [0.2, 0.25) is 0 Å². The number of nitrogens with two attached hydrogens (primary N) is 1. The van der Waals surface area contributed by atoms with Crippen molar-refractivity contribution in [1.82, 2.24) is 15.1 Å². The van der Waals surface area contributed by atoms with Gasteiger partial charge in [-0.15, -0.1) is 0 Å². The van der Waals surface area contributed by atoms with E-state index in [0.717, 1.165) is 0 Å². The SMILES string of the molecule is CC(C)(C)OC(=O)NC(CC(=O)N1CCC2CN(C(=O)C3(C(N)=O)CC3)CC21)Cc1cc(F)c(F)cc1F. The predicted molar refractivity (Wildman–Crippen MR) is 129 cm³/mol. The maximum absolute atomic E-state index is 14.4. The molecule has 12 heteroatoms. The zero-order chi connectivity index (χ0) is 28.0. The van der Waals surface area contributed by atoms with Crippen molar-refractivity contribution in [2.45, 2.75) is 70.6 Å². The topological polar surface area (TPSA) is 122 Å². The molecule has 3 fully saturated rings. The minimum absolute atomic E-state index is 0.0347. The number of hydrogen-bond acceptors (Lipinski definition) is 5. The first-order valence-corrected chi connectivity index (χ1v) is 12.7. The molecule has 3 unspecified atom stereocenters. The highest BCUT2D eigenvalue weighted by Gasteiger charge is 2.59. The third-order valence-corrected chi connectivity index (χ3v) is 7.48. The lowest BCUT2D eigenvalue weighted by molar-refractivity contribution is -0.143. The Hall–Kier alpha value is -3.31. The van der Waals surface area contributed by atoms with Gasteiger partial charge in [-0.25, -0.2) is 18.0 Å². The van der Waals surface area contributed by atoms with E-state index in [1.807, 2.05) is 0 Å². The molecule has 2 heterocycles. The third-order valence-electron chi connectivity index (χ3n) is 7.48. The number of hydrogen-bond donors (Lipinski definition) is 2. The molecule has 38 heavy (non-hydrogen) atoms. The van der Waals surface area contributed by atoms with Gasteiger partial charge in [-0.1, -0.05) is 0 Å². The van der Waals surface area contributed by atoms with Gasteiger partial charge in [0.25, 0.3) is 0 Å². The number of likely N-dealkylation sites (tertiary alicyclic amines) is 2.